The van der Waals surface area contributed by atoms with E-state index in [0.717, 1.165) is 12.8 Å². The van der Waals surface area contributed by atoms with Gasteiger partial charge in [-0.25, -0.2) is 14.2 Å². The van der Waals surface area contributed by atoms with Crippen LogP contribution in [0.15, 0.2) is 29.0 Å². The Balaban J connectivity index is 1.59. The minimum atomic E-state index is -0.551. The molecule has 8 nitrogen and oxygen atoms in total. The van der Waals surface area contributed by atoms with Gasteiger partial charge in [0.2, 0.25) is 0 Å². The number of nitrogens with zero attached hydrogens (tertiary/aromatic N) is 5. The number of imidazole rings is 1. The number of hydrogen-bond acceptors (Lipinski definition) is 6. The van der Waals surface area contributed by atoms with Gasteiger partial charge in [0.05, 0.1) is 29.7 Å². The van der Waals surface area contributed by atoms with Crippen LogP contribution in [0.1, 0.15) is 44.1 Å². The molecule has 3 aromatic rings. The molecule has 5 rings (SSSR count). The number of fused-ring (bicyclic) bond motifs is 3. The van der Waals surface area contributed by atoms with E-state index in [9.17, 15) is 9.18 Å². The summed E-state index contributed by atoms with van der Waals surface area (Å²) >= 11 is 0. The third kappa shape index (κ3) is 2.74. The minimum Gasteiger partial charge on any atom is -0.446 e. The summed E-state index contributed by atoms with van der Waals surface area (Å²) in [6.07, 6.45) is 2.90. The molecule has 0 unspecified atom stereocenters. The summed E-state index contributed by atoms with van der Waals surface area (Å²) < 4.78 is 26.5. The van der Waals surface area contributed by atoms with E-state index in [-0.39, 0.29) is 12.6 Å². The van der Waals surface area contributed by atoms with Crippen LogP contribution >= 0.6 is 0 Å². The van der Waals surface area contributed by atoms with Crippen molar-refractivity contribution in [1.82, 2.24) is 19.7 Å². The third-order valence-corrected chi connectivity index (χ3v) is 4.81. The van der Waals surface area contributed by atoms with Gasteiger partial charge in [-0.15, -0.1) is 0 Å². The molecule has 144 valence electrons. The number of hydrogen-bond donors (Lipinski definition) is 0. The number of benzene rings is 1. The molecule has 1 aromatic carbocycles. The van der Waals surface area contributed by atoms with Gasteiger partial charge in [-0.05, 0) is 44.9 Å². The monoisotopic (exact) mass is 383 g/mol. The second kappa shape index (κ2) is 6.15. The van der Waals surface area contributed by atoms with Gasteiger partial charge in [-0.2, -0.15) is 4.98 Å². The van der Waals surface area contributed by atoms with Crippen LogP contribution in [0.3, 0.4) is 0 Å². The second-order valence-electron chi connectivity index (χ2n) is 7.29. The maximum absolute atomic E-state index is 13.9. The predicted molar refractivity (Wildman–Crippen MR) is 96.6 cm³/mol. The molecule has 1 aliphatic heterocycles. The Hall–Kier alpha value is -3.23. The van der Waals surface area contributed by atoms with E-state index < -0.39 is 11.9 Å². The van der Waals surface area contributed by atoms with Crippen molar-refractivity contribution >= 4 is 11.8 Å². The van der Waals surface area contributed by atoms with Crippen LogP contribution in [0.5, 0.6) is 0 Å². The lowest BCUT2D eigenvalue weighted by molar-refractivity contribution is 0.122. The predicted octanol–water partition coefficient (Wildman–Crippen LogP) is 3.80. The molecule has 9 heteroatoms. The Kier molecular flexibility index (Phi) is 3.71. The van der Waals surface area contributed by atoms with E-state index in [1.54, 1.807) is 26.2 Å². The molecular formula is C19H18FN5O3. The number of amides is 1. The zero-order valence-electron chi connectivity index (χ0n) is 15.4. The van der Waals surface area contributed by atoms with Crippen LogP contribution in [0, 0.1) is 5.82 Å². The largest absolute Gasteiger partial charge is 0.446 e. The normalized spacial score (nSPS) is 15.5. The maximum atomic E-state index is 13.9. The van der Waals surface area contributed by atoms with Gasteiger partial charge in [-0.3, -0.25) is 9.47 Å². The van der Waals surface area contributed by atoms with E-state index in [1.807, 2.05) is 4.57 Å². The molecule has 1 amide bonds. The van der Waals surface area contributed by atoms with Gasteiger partial charge in [0.1, 0.15) is 12.1 Å². The number of carbonyl (C=O) groups excluding carboxylic acids is 1. The molecule has 1 aliphatic carbocycles. The lowest BCUT2D eigenvalue weighted by Gasteiger charge is -2.30. The first-order valence-electron chi connectivity index (χ1n) is 9.19. The summed E-state index contributed by atoms with van der Waals surface area (Å²) in [7, 11) is 0. The van der Waals surface area contributed by atoms with E-state index in [2.05, 4.69) is 15.1 Å². The molecule has 0 saturated heterocycles. The topological polar surface area (TPSA) is 86.3 Å². The van der Waals surface area contributed by atoms with Crippen molar-refractivity contribution in [3.63, 3.8) is 0 Å². The molecule has 2 aromatic heterocycles. The lowest BCUT2D eigenvalue weighted by atomic mass is 10.1. The number of halogens is 1. The van der Waals surface area contributed by atoms with E-state index in [4.69, 9.17) is 9.26 Å². The van der Waals surface area contributed by atoms with Gasteiger partial charge < -0.3 is 9.26 Å². The molecule has 0 N–H and O–H groups in total. The number of rotatable bonds is 3. The molecule has 2 aliphatic rings. The zero-order chi connectivity index (χ0) is 19.4. The molecule has 0 radical (unpaired) electrons. The summed E-state index contributed by atoms with van der Waals surface area (Å²) in [6, 6.07) is 4.27. The minimum absolute atomic E-state index is 0.151. The zero-order valence-corrected chi connectivity index (χ0v) is 15.4. The third-order valence-electron chi connectivity index (χ3n) is 4.81. The fraction of sp³-hybridized carbons (Fsp3) is 0.368. The smallest absolute Gasteiger partial charge is 0.414 e. The van der Waals surface area contributed by atoms with Crippen molar-refractivity contribution in [1.29, 1.82) is 0 Å². The second-order valence-corrected chi connectivity index (χ2v) is 7.29. The van der Waals surface area contributed by atoms with Gasteiger partial charge in [0, 0.05) is 5.92 Å². The molecule has 0 atom stereocenters. The van der Waals surface area contributed by atoms with E-state index >= 15 is 0 Å². The Morgan fingerprint density at radius 3 is 2.89 bits per heavy atom. The van der Waals surface area contributed by atoms with Crippen molar-refractivity contribution in [2.45, 2.75) is 45.3 Å². The van der Waals surface area contributed by atoms with Crippen molar-refractivity contribution in [2.24, 2.45) is 0 Å². The lowest BCUT2D eigenvalue weighted by Crippen LogP contribution is -2.36. The molecule has 0 spiro atoms. The van der Waals surface area contributed by atoms with Gasteiger partial charge in [0.25, 0.3) is 5.89 Å². The van der Waals surface area contributed by atoms with Crippen LogP contribution < -0.4 is 4.90 Å². The number of aromatic nitrogens is 4. The highest BCUT2D eigenvalue weighted by atomic mass is 19.1. The first kappa shape index (κ1) is 16.9. The number of anilines is 1. The Morgan fingerprint density at radius 1 is 1.32 bits per heavy atom. The van der Waals surface area contributed by atoms with Crippen molar-refractivity contribution in [3.05, 3.63) is 41.9 Å². The Morgan fingerprint density at radius 2 is 2.14 bits per heavy atom. The van der Waals surface area contributed by atoms with Crippen LogP contribution in [-0.2, 0) is 11.3 Å². The van der Waals surface area contributed by atoms with Crippen LogP contribution in [0.25, 0.3) is 17.3 Å². The molecular weight excluding hydrogens is 365 g/mol. The highest BCUT2D eigenvalue weighted by Crippen LogP contribution is 2.40. The first-order chi connectivity index (χ1) is 13.5. The molecule has 28 heavy (non-hydrogen) atoms. The summed E-state index contributed by atoms with van der Waals surface area (Å²) in [4.78, 5) is 23.0. The summed E-state index contributed by atoms with van der Waals surface area (Å²) in [6.45, 7) is 3.68. The average Bonchev–Trinajstić information content (AvgIpc) is 3.23. The van der Waals surface area contributed by atoms with Crippen molar-refractivity contribution in [3.8, 4) is 17.3 Å². The van der Waals surface area contributed by atoms with Crippen molar-refractivity contribution < 1.29 is 18.4 Å². The average molecular weight is 383 g/mol. The molecule has 3 heterocycles. The maximum Gasteiger partial charge on any atom is 0.414 e. The Bertz CT molecular complexity index is 1070. The summed E-state index contributed by atoms with van der Waals surface area (Å²) in [5, 5.41) is 4.04. The quantitative estimate of drug-likeness (QED) is 0.684. The van der Waals surface area contributed by atoms with Crippen LogP contribution in [0.2, 0.25) is 0 Å². The van der Waals surface area contributed by atoms with Crippen LogP contribution in [0.4, 0.5) is 14.9 Å². The molecule has 1 fully saturated rings. The van der Waals surface area contributed by atoms with E-state index in [1.165, 1.54) is 17.0 Å². The van der Waals surface area contributed by atoms with Gasteiger partial charge >= 0.3 is 6.09 Å². The fourth-order valence-corrected chi connectivity index (χ4v) is 3.33. The SMILES string of the molecule is CC(C)OC(=O)N1Cc2c(-c3nc(C4CC4)no3)ncn2-c2ccc(F)cc21. The number of carbonyl (C=O) groups is 1. The van der Waals surface area contributed by atoms with E-state index in [0.29, 0.717) is 40.4 Å². The highest BCUT2D eigenvalue weighted by Gasteiger charge is 2.34. The van der Waals surface area contributed by atoms with Crippen molar-refractivity contribution in [2.75, 3.05) is 4.90 Å². The summed E-state index contributed by atoms with van der Waals surface area (Å²) in [5.74, 6) is 0.928. The Labute approximate surface area is 159 Å². The molecule has 1 saturated carbocycles. The molecule has 0 bridgehead atoms. The summed E-state index contributed by atoms with van der Waals surface area (Å²) in [5.41, 5.74) is 2.26. The first-order valence-corrected chi connectivity index (χ1v) is 9.19. The standard InChI is InChI=1S/C19H18FN5O3/c1-10(2)27-19(26)24-8-15-16(18-22-17(23-28-18)11-3-4-11)21-9-25(15)13-6-5-12(20)7-14(13)24/h5-7,9-11H,3-4,8H2,1-2H3. The van der Waals surface area contributed by atoms with Crippen LogP contribution in [-0.4, -0.2) is 31.9 Å². The highest BCUT2D eigenvalue weighted by molar-refractivity contribution is 5.92. The van der Waals surface area contributed by atoms with Gasteiger partial charge in [-0.1, -0.05) is 5.16 Å². The number of ether oxygens (including phenoxy) is 1. The fourth-order valence-electron chi connectivity index (χ4n) is 3.33. The van der Waals surface area contributed by atoms with Gasteiger partial charge in [0.15, 0.2) is 11.5 Å².